The van der Waals surface area contributed by atoms with Crippen molar-refractivity contribution in [2.75, 3.05) is 60.2 Å². The summed E-state index contributed by atoms with van der Waals surface area (Å²) in [6.45, 7) is 8.86. The minimum Gasteiger partial charge on any atom is -0.490 e. The van der Waals surface area contributed by atoms with Crippen LogP contribution in [0, 0.1) is 11.3 Å². The van der Waals surface area contributed by atoms with Crippen LogP contribution in [0.15, 0.2) is 24.3 Å². The van der Waals surface area contributed by atoms with Crippen molar-refractivity contribution in [2.24, 2.45) is 17.1 Å². The predicted octanol–water partition coefficient (Wildman–Crippen LogP) is 1.66. The summed E-state index contributed by atoms with van der Waals surface area (Å²) in [7, 11) is 2.97. The van der Waals surface area contributed by atoms with E-state index in [1.54, 1.807) is 13.8 Å². The Kier molecular flexibility index (Phi) is 9.80. The molecule has 3 heterocycles. The van der Waals surface area contributed by atoms with E-state index in [9.17, 15) is 14.4 Å². The highest BCUT2D eigenvalue weighted by Gasteiger charge is 2.47. The Bertz CT molecular complexity index is 1240. The van der Waals surface area contributed by atoms with Crippen LogP contribution in [0.1, 0.15) is 48.3 Å². The van der Waals surface area contributed by atoms with Crippen molar-refractivity contribution in [3.8, 4) is 11.6 Å². The van der Waals surface area contributed by atoms with Crippen molar-refractivity contribution < 1.29 is 33.3 Å². The van der Waals surface area contributed by atoms with Crippen molar-refractivity contribution in [3.63, 3.8) is 0 Å². The Morgan fingerprint density at radius 2 is 1.78 bits per heavy atom. The maximum atomic E-state index is 13.7. The number of hydrogen-bond acceptors (Lipinski definition) is 10. The molecule has 2 aromatic rings. The van der Waals surface area contributed by atoms with E-state index in [4.69, 9.17) is 24.7 Å². The van der Waals surface area contributed by atoms with Crippen LogP contribution in [-0.4, -0.2) is 97.5 Å². The molecule has 1 aromatic heterocycles. The number of amides is 2. The van der Waals surface area contributed by atoms with Crippen LogP contribution in [0.5, 0.6) is 11.6 Å². The van der Waals surface area contributed by atoms with E-state index in [2.05, 4.69) is 5.10 Å². The van der Waals surface area contributed by atoms with Crippen LogP contribution in [0.2, 0.25) is 0 Å². The average Bonchev–Trinajstić information content (AvgIpc) is 3.47. The molecule has 12 heteroatoms. The second-order valence-electron chi connectivity index (χ2n) is 11.3. The summed E-state index contributed by atoms with van der Waals surface area (Å²) in [5.41, 5.74) is 6.87. The molecule has 4 rings (SSSR count). The van der Waals surface area contributed by atoms with Crippen LogP contribution in [0.3, 0.4) is 0 Å². The fourth-order valence-corrected chi connectivity index (χ4v) is 5.24. The minimum atomic E-state index is -0.949. The first-order chi connectivity index (χ1) is 19.6. The first kappa shape index (κ1) is 30.6. The number of benzene rings is 1. The van der Waals surface area contributed by atoms with Crippen molar-refractivity contribution >= 4 is 17.7 Å². The third-order valence-electron chi connectivity index (χ3n) is 7.57. The fraction of sp³-hybridized carbons (Fsp3) is 0.586. The van der Waals surface area contributed by atoms with Crippen molar-refractivity contribution in [2.45, 2.75) is 39.8 Å². The third kappa shape index (κ3) is 6.61. The van der Waals surface area contributed by atoms with Gasteiger partial charge < -0.3 is 24.7 Å². The van der Waals surface area contributed by atoms with Gasteiger partial charge in [0.25, 0.3) is 11.8 Å². The van der Waals surface area contributed by atoms with Gasteiger partial charge in [0.05, 0.1) is 44.8 Å². The first-order valence-corrected chi connectivity index (χ1v) is 13.9. The van der Waals surface area contributed by atoms with Crippen LogP contribution in [-0.2, 0) is 32.2 Å². The molecule has 0 aliphatic carbocycles. The van der Waals surface area contributed by atoms with E-state index in [1.807, 2.05) is 36.1 Å². The van der Waals surface area contributed by atoms with Crippen molar-refractivity contribution in [1.82, 2.24) is 19.6 Å². The third-order valence-corrected chi connectivity index (χ3v) is 7.57. The number of carbonyl (C=O) groups is 3. The molecule has 12 nitrogen and oxygen atoms in total. The maximum Gasteiger partial charge on any atom is 0.263 e. The van der Waals surface area contributed by atoms with Gasteiger partial charge in [0.2, 0.25) is 17.6 Å². The van der Waals surface area contributed by atoms with Gasteiger partial charge in [0.1, 0.15) is 12.3 Å². The number of nitrogens with two attached hydrogens (primary N) is 1. The lowest BCUT2D eigenvalue weighted by Gasteiger charge is -2.27. The summed E-state index contributed by atoms with van der Waals surface area (Å²) in [6.07, 6.45) is 0. The van der Waals surface area contributed by atoms with Crippen LogP contribution in [0.25, 0.3) is 0 Å². The van der Waals surface area contributed by atoms with Gasteiger partial charge in [-0.1, -0.05) is 31.2 Å². The predicted molar refractivity (Wildman–Crippen MR) is 150 cm³/mol. The molecule has 2 atom stereocenters. The Morgan fingerprint density at radius 3 is 2.39 bits per heavy atom. The normalized spacial score (nSPS) is 20.0. The lowest BCUT2D eigenvalue weighted by Crippen LogP contribution is -2.45. The number of hydrogen-bond donors (Lipinski definition) is 1. The SMILES string of the molecule is COCC(C)(C)C(=O)n1nc(C2C(=O)N(C(=O)CN3CCOCC3)CC2C)c(OC)c1OCc1ccc(CN)cc1. The first-order valence-electron chi connectivity index (χ1n) is 13.9. The Labute approximate surface area is 240 Å². The van der Waals surface area contributed by atoms with Crippen molar-refractivity contribution in [3.05, 3.63) is 41.1 Å². The van der Waals surface area contributed by atoms with E-state index in [0.717, 1.165) is 11.1 Å². The second-order valence-corrected chi connectivity index (χ2v) is 11.3. The summed E-state index contributed by atoms with van der Waals surface area (Å²) in [6, 6.07) is 7.61. The van der Waals surface area contributed by atoms with Gasteiger partial charge in [-0.05, 0) is 30.9 Å². The number of ether oxygens (including phenoxy) is 4. The molecule has 2 aliphatic rings. The smallest absolute Gasteiger partial charge is 0.263 e. The van der Waals surface area contributed by atoms with Crippen molar-refractivity contribution in [1.29, 1.82) is 0 Å². The van der Waals surface area contributed by atoms with Gasteiger partial charge in [-0.3, -0.25) is 24.2 Å². The highest BCUT2D eigenvalue weighted by atomic mass is 16.5. The van der Waals surface area contributed by atoms with Crippen LogP contribution >= 0.6 is 0 Å². The largest absolute Gasteiger partial charge is 0.490 e. The molecular weight excluding hydrogens is 530 g/mol. The molecule has 2 saturated heterocycles. The molecule has 2 fully saturated rings. The van der Waals surface area contributed by atoms with E-state index in [1.165, 1.54) is 23.8 Å². The molecule has 2 aliphatic heterocycles. The highest BCUT2D eigenvalue weighted by molar-refractivity contribution is 6.01. The fourth-order valence-electron chi connectivity index (χ4n) is 5.24. The number of likely N-dealkylation sites (tertiary alicyclic amines) is 1. The molecule has 41 heavy (non-hydrogen) atoms. The standard InChI is InChI=1S/C29H41N5O7/c1-19-15-33(22(35)16-32-10-12-40-13-11-32)26(36)23(19)24-25(39-5)27(34(31-24)28(37)29(2,3)18-38-4)41-17-21-8-6-20(14-30)7-9-21/h6-9,19,23H,10-18,30H2,1-5H3. The van der Waals surface area contributed by atoms with Gasteiger partial charge in [-0.25, -0.2) is 0 Å². The van der Waals surface area contributed by atoms with E-state index in [0.29, 0.717) is 32.8 Å². The van der Waals surface area contributed by atoms with E-state index >= 15 is 0 Å². The maximum absolute atomic E-state index is 13.7. The number of carbonyl (C=O) groups excluding carboxylic acids is 3. The zero-order chi connectivity index (χ0) is 29.7. The molecule has 224 valence electrons. The van der Waals surface area contributed by atoms with Crippen LogP contribution in [0.4, 0.5) is 0 Å². The average molecular weight is 572 g/mol. The summed E-state index contributed by atoms with van der Waals surface area (Å²) < 4.78 is 23.7. The number of rotatable bonds is 11. The van der Waals surface area contributed by atoms with Gasteiger partial charge in [-0.15, -0.1) is 0 Å². The lowest BCUT2D eigenvalue weighted by molar-refractivity contribution is -0.143. The zero-order valence-electron chi connectivity index (χ0n) is 24.6. The van der Waals surface area contributed by atoms with E-state index in [-0.39, 0.29) is 67.3 Å². The molecule has 2 N–H and O–H groups in total. The number of imide groups is 1. The summed E-state index contributed by atoms with van der Waals surface area (Å²) in [5.74, 6) is -1.77. The summed E-state index contributed by atoms with van der Waals surface area (Å²) in [5, 5.41) is 4.62. The second kappa shape index (κ2) is 13.1. The summed E-state index contributed by atoms with van der Waals surface area (Å²) in [4.78, 5) is 43.9. The zero-order valence-corrected chi connectivity index (χ0v) is 24.6. The van der Waals surface area contributed by atoms with Gasteiger partial charge in [0.15, 0.2) is 0 Å². The quantitative estimate of drug-likeness (QED) is 0.424. The van der Waals surface area contributed by atoms with E-state index < -0.39 is 11.3 Å². The van der Waals surface area contributed by atoms with Crippen LogP contribution < -0.4 is 15.2 Å². The number of methoxy groups -OCH3 is 2. The molecule has 2 amide bonds. The Morgan fingerprint density at radius 1 is 1.12 bits per heavy atom. The Balaban J connectivity index is 1.66. The molecule has 2 unspecified atom stereocenters. The Hall–Kier alpha value is -3.32. The molecule has 0 radical (unpaired) electrons. The molecule has 0 bridgehead atoms. The molecule has 0 saturated carbocycles. The molecule has 0 spiro atoms. The number of morpholine rings is 1. The van der Waals surface area contributed by atoms with Gasteiger partial charge in [0, 0.05) is 33.3 Å². The highest BCUT2D eigenvalue weighted by Crippen LogP contribution is 2.43. The van der Waals surface area contributed by atoms with Gasteiger partial charge in [-0.2, -0.15) is 9.78 Å². The lowest BCUT2D eigenvalue weighted by atomic mass is 9.93. The number of aromatic nitrogens is 2. The summed E-state index contributed by atoms with van der Waals surface area (Å²) >= 11 is 0. The minimum absolute atomic E-state index is 0.0951. The molecular formula is C29H41N5O7. The van der Waals surface area contributed by atoms with Gasteiger partial charge >= 0.3 is 0 Å². The topological polar surface area (TPSA) is 138 Å². The monoisotopic (exact) mass is 571 g/mol. The molecule has 1 aromatic carbocycles. The number of nitrogens with zero attached hydrogens (tertiary/aromatic N) is 4.